The quantitative estimate of drug-likeness (QED) is 0.843. The molecule has 1 aromatic heterocycles. The first kappa shape index (κ1) is 14.5. The Morgan fingerprint density at radius 2 is 2.37 bits per heavy atom. The molecular weight excluding hydrogens is 264 g/mol. The van der Waals surface area contributed by atoms with Crippen molar-refractivity contribution in [2.45, 2.75) is 6.04 Å². The second kappa shape index (κ2) is 7.59. The number of hydrogen-bond acceptors (Lipinski definition) is 5. The summed E-state index contributed by atoms with van der Waals surface area (Å²) in [5, 5.41) is 5.00. The monoisotopic (exact) mass is 284 g/mol. The van der Waals surface area contributed by atoms with E-state index in [0.29, 0.717) is 6.54 Å². The largest absolute Gasteiger partial charge is 0.379 e. The fourth-order valence-electron chi connectivity index (χ4n) is 2.17. The lowest BCUT2D eigenvalue weighted by atomic mass is 10.2. The number of carbonyl (C=O) groups is 1. The molecule has 6 heteroatoms. The van der Waals surface area contributed by atoms with Gasteiger partial charge in [-0.2, -0.15) is 0 Å². The van der Waals surface area contributed by atoms with Crippen LogP contribution in [0.3, 0.4) is 0 Å². The zero-order chi connectivity index (χ0) is 13.5. The van der Waals surface area contributed by atoms with Crippen LogP contribution in [0.1, 0.15) is 10.9 Å². The Morgan fingerprint density at radius 1 is 1.58 bits per heavy atom. The van der Waals surface area contributed by atoms with Crippen molar-refractivity contribution in [3.05, 3.63) is 22.4 Å². The van der Waals surface area contributed by atoms with Gasteiger partial charge in [-0.3, -0.25) is 9.69 Å². The first-order chi connectivity index (χ1) is 9.31. The maximum absolute atomic E-state index is 11.5. The molecule has 1 fully saturated rings. The van der Waals surface area contributed by atoms with Crippen molar-refractivity contribution < 1.29 is 14.3 Å². The first-order valence-electron chi connectivity index (χ1n) is 6.42. The van der Waals surface area contributed by atoms with Crippen molar-refractivity contribution in [2.24, 2.45) is 0 Å². The number of amides is 1. The van der Waals surface area contributed by atoms with E-state index < -0.39 is 0 Å². The molecule has 0 aromatic carbocycles. The van der Waals surface area contributed by atoms with E-state index in [2.05, 4.69) is 21.7 Å². The number of ether oxygens (including phenoxy) is 2. The number of morpholine rings is 1. The average molecular weight is 284 g/mol. The van der Waals surface area contributed by atoms with Gasteiger partial charge < -0.3 is 14.8 Å². The van der Waals surface area contributed by atoms with Crippen LogP contribution in [0.5, 0.6) is 0 Å². The fourth-order valence-corrected chi connectivity index (χ4v) is 3.03. The third-order valence-electron chi connectivity index (χ3n) is 3.13. The highest BCUT2D eigenvalue weighted by molar-refractivity contribution is 7.10. The fraction of sp³-hybridized carbons (Fsp3) is 0.615. The van der Waals surface area contributed by atoms with E-state index >= 15 is 0 Å². The van der Waals surface area contributed by atoms with Gasteiger partial charge in [-0.1, -0.05) is 6.07 Å². The second-order valence-corrected chi connectivity index (χ2v) is 5.40. The minimum Gasteiger partial charge on any atom is -0.379 e. The summed E-state index contributed by atoms with van der Waals surface area (Å²) < 4.78 is 10.2. The molecule has 19 heavy (non-hydrogen) atoms. The Balaban J connectivity index is 1.96. The highest BCUT2D eigenvalue weighted by Gasteiger charge is 2.23. The van der Waals surface area contributed by atoms with Gasteiger partial charge in [0, 0.05) is 31.6 Å². The van der Waals surface area contributed by atoms with Gasteiger partial charge in [0.15, 0.2) is 0 Å². The molecule has 1 aliphatic heterocycles. The Kier molecular flexibility index (Phi) is 5.78. The number of nitrogens with zero attached hydrogens (tertiary/aromatic N) is 1. The molecule has 0 aliphatic carbocycles. The van der Waals surface area contributed by atoms with Gasteiger partial charge in [0.2, 0.25) is 5.91 Å². The number of methoxy groups -OCH3 is 1. The maximum atomic E-state index is 11.5. The van der Waals surface area contributed by atoms with E-state index in [1.54, 1.807) is 11.3 Å². The van der Waals surface area contributed by atoms with Crippen LogP contribution in [-0.2, 0) is 14.3 Å². The summed E-state index contributed by atoms with van der Waals surface area (Å²) in [5.74, 6) is -0.0719. The SMILES string of the molecule is COCC(=O)NCC(c1cccs1)N1CCOCC1. The van der Waals surface area contributed by atoms with E-state index in [1.807, 2.05) is 6.07 Å². The zero-order valence-corrected chi connectivity index (χ0v) is 11.9. The number of thiophene rings is 1. The highest BCUT2D eigenvalue weighted by atomic mass is 32.1. The second-order valence-electron chi connectivity index (χ2n) is 4.42. The summed E-state index contributed by atoms with van der Waals surface area (Å²) in [6, 6.07) is 4.39. The number of nitrogens with one attached hydrogen (secondary N) is 1. The minimum absolute atomic E-state index is 0.0719. The number of hydrogen-bond donors (Lipinski definition) is 1. The molecule has 0 saturated carbocycles. The number of rotatable bonds is 6. The van der Waals surface area contributed by atoms with Crippen LogP contribution >= 0.6 is 11.3 Å². The molecule has 5 nitrogen and oxygen atoms in total. The van der Waals surface area contributed by atoms with Crippen LogP contribution in [0.2, 0.25) is 0 Å². The molecule has 2 rings (SSSR count). The molecule has 106 valence electrons. The molecular formula is C13H20N2O3S. The topological polar surface area (TPSA) is 50.8 Å². The summed E-state index contributed by atoms with van der Waals surface area (Å²) in [6.07, 6.45) is 0. The van der Waals surface area contributed by atoms with Gasteiger partial charge in [-0.15, -0.1) is 11.3 Å². The van der Waals surface area contributed by atoms with Crippen LogP contribution in [-0.4, -0.2) is 57.4 Å². The normalized spacial score (nSPS) is 18.2. The average Bonchev–Trinajstić information content (AvgIpc) is 2.94. The third-order valence-corrected chi connectivity index (χ3v) is 4.10. The van der Waals surface area contributed by atoms with Crippen molar-refractivity contribution >= 4 is 17.2 Å². The molecule has 1 saturated heterocycles. The van der Waals surface area contributed by atoms with E-state index in [0.717, 1.165) is 26.3 Å². The Bertz CT molecular complexity index is 377. The van der Waals surface area contributed by atoms with E-state index in [4.69, 9.17) is 9.47 Å². The molecule has 1 N–H and O–H groups in total. The maximum Gasteiger partial charge on any atom is 0.246 e. The van der Waals surface area contributed by atoms with Crippen LogP contribution < -0.4 is 5.32 Å². The first-order valence-corrected chi connectivity index (χ1v) is 7.30. The Hall–Kier alpha value is -0.950. The molecule has 1 atom stereocenters. The van der Waals surface area contributed by atoms with Gasteiger partial charge >= 0.3 is 0 Å². The summed E-state index contributed by atoms with van der Waals surface area (Å²) in [5.41, 5.74) is 0. The third kappa shape index (κ3) is 4.28. The van der Waals surface area contributed by atoms with Crippen molar-refractivity contribution in [1.82, 2.24) is 10.2 Å². The molecule has 0 bridgehead atoms. The Labute approximate surface area is 117 Å². The van der Waals surface area contributed by atoms with E-state index in [9.17, 15) is 4.79 Å². The molecule has 0 spiro atoms. The molecule has 1 aromatic rings. The molecule has 1 aliphatic rings. The molecule has 0 radical (unpaired) electrons. The molecule has 1 amide bonds. The van der Waals surface area contributed by atoms with Crippen molar-refractivity contribution in [2.75, 3.05) is 46.6 Å². The minimum atomic E-state index is -0.0719. The molecule has 1 unspecified atom stereocenters. The van der Waals surface area contributed by atoms with Crippen LogP contribution in [0, 0.1) is 0 Å². The predicted molar refractivity (Wildman–Crippen MR) is 74.3 cm³/mol. The van der Waals surface area contributed by atoms with Gasteiger partial charge in [0.25, 0.3) is 0 Å². The van der Waals surface area contributed by atoms with Gasteiger partial charge in [0.1, 0.15) is 6.61 Å². The van der Waals surface area contributed by atoms with Crippen molar-refractivity contribution in [3.8, 4) is 0 Å². The van der Waals surface area contributed by atoms with Crippen LogP contribution in [0.4, 0.5) is 0 Å². The van der Waals surface area contributed by atoms with Crippen LogP contribution in [0.25, 0.3) is 0 Å². The summed E-state index contributed by atoms with van der Waals surface area (Å²) >= 11 is 1.72. The van der Waals surface area contributed by atoms with Gasteiger partial charge in [-0.25, -0.2) is 0 Å². The molecule has 2 heterocycles. The Morgan fingerprint density at radius 3 is 3.00 bits per heavy atom. The zero-order valence-electron chi connectivity index (χ0n) is 11.1. The standard InChI is InChI=1S/C13H20N2O3S/c1-17-10-13(16)14-9-11(12-3-2-8-19-12)15-4-6-18-7-5-15/h2-3,8,11H,4-7,9-10H2,1H3,(H,14,16). The van der Waals surface area contributed by atoms with Gasteiger partial charge in [-0.05, 0) is 11.4 Å². The smallest absolute Gasteiger partial charge is 0.246 e. The van der Waals surface area contributed by atoms with Crippen molar-refractivity contribution in [1.29, 1.82) is 0 Å². The van der Waals surface area contributed by atoms with E-state index in [-0.39, 0.29) is 18.6 Å². The summed E-state index contributed by atoms with van der Waals surface area (Å²) in [4.78, 5) is 15.2. The lowest BCUT2D eigenvalue weighted by molar-refractivity contribution is -0.125. The predicted octanol–water partition coefficient (Wildman–Crippen LogP) is 0.884. The lowest BCUT2D eigenvalue weighted by Gasteiger charge is -2.34. The van der Waals surface area contributed by atoms with E-state index in [1.165, 1.54) is 12.0 Å². The van der Waals surface area contributed by atoms with Crippen molar-refractivity contribution in [3.63, 3.8) is 0 Å². The number of carbonyl (C=O) groups excluding carboxylic acids is 1. The summed E-state index contributed by atoms with van der Waals surface area (Å²) in [6.45, 7) is 4.05. The van der Waals surface area contributed by atoms with Crippen LogP contribution in [0.15, 0.2) is 17.5 Å². The highest BCUT2D eigenvalue weighted by Crippen LogP contribution is 2.25. The van der Waals surface area contributed by atoms with Gasteiger partial charge in [0.05, 0.1) is 19.3 Å². The summed E-state index contributed by atoms with van der Waals surface area (Å²) in [7, 11) is 1.53. The lowest BCUT2D eigenvalue weighted by Crippen LogP contribution is -2.44.